The number of benzene rings is 2. The minimum Gasteiger partial charge on any atom is -0.624 e. The van der Waals surface area contributed by atoms with E-state index in [-0.39, 0.29) is 5.06 Å². The lowest BCUT2D eigenvalue weighted by molar-refractivity contribution is -0.745. The predicted octanol–water partition coefficient (Wildman–Crippen LogP) is 1.56. The first-order valence-electron chi connectivity index (χ1n) is 11.6. The summed E-state index contributed by atoms with van der Waals surface area (Å²) in [5.41, 5.74) is 4.17. The lowest BCUT2D eigenvalue weighted by Crippen LogP contribution is -3.02. The minimum absolute atomic E-state index is 0.0355. The molecular formula is C26H28N6O. The van der Waals surface area contributed by atoms with Gasteiger partial charge in [-0.25, -0.2) is 0 Å². The van der Waals surface area contributed by atoms with Gasteiger partial charge in [0, 0.05) is 44.8 Å². The van der Waals surface area contributed by atoms with Crippen molar-refractivity contribution in [1.29, 1.82) is 0 Å². The highest BCUT2D eigenvalue weighted by Crippen LogP contribution is 2.31. The largest absolute Gasteiger partial charge is 0.624 e. The summed E-state index contributed by atoms with van der Waals surface area (Å²) in [7, 11) is 0. The number of quaternary nitrogens is 1. The molecule has 0 spiro atoms. The highest BCUT2D eigenvalue weighted by atomic mass is 16.5. The zero-order valence-corrected chi connectivity index (χ0v) is 18.5. The first kappa shape index (κ1) is 20.1. The second-order valence-corrected chi connectivity index (χ2v) is 8.74. The molecule has 0 radical (unpaired) electrons. The lowest BCUT2D eigenvalue weighted by Gasteiger charge is -2.36. The maximum atomic E-state index is 13.1. The molecule has 33 heavy (non-hydrogen) atoms. The molecule has 4 heterocycles. The number of rotatable bonds is 4. The van der Waals surface area contributed by atoms with Crippen molar-refractivity contribution in [3.05, 3.63) is 119 Å². The molecule has 7 heteroatoms. The molecule has 1 fully saturated rings. The molecule has 4 aliphatic rings. The van der Waals surface area contributed by atoms with Crippen LogP contribution in [0.2, 0.25) is 0 Å². The van der Waals surface area contributed by atoms with Gasteiger partial charge in [0.15, 0.2) is 17.3 Å². The average molecular weight is 441 g/mol. The Balaban J connectivity index is 1.19. The first-order chi connectivity index (χ1) is 16.3. The number of dihydropyridines is 1. The van der Waals surface area contributed by atoms with E-state index in [1.807, 2.05) is 18.2 Å². The third kappa shape index (κ3) is 3.80. The molecule has 7 nitrogen and oxygen atoms in total. The molecule has 2 aromatic carbocycles. The Labute approximate surface area is 194 Å². The molecular weight excluding hydrogens is 412 g/mol. The molecule has 3 N–H and O–H groups in total. The van der Waals surface area contributed by atoms with E-state index in [4.69, 9.17) is 0 Å². The van der Waals surface area contributed by atoms with E-state index in [0.717, 1.165) is 67.0 Å². The van der Waals surface area contributed by atoms with Crippen molar-refractivity contribution in [3.63, 3.8) is 0 Å². The maximum absolute atomic E-state index is 13.1. The highest BCUT2D eigenvalue weighted by molar-refractivity contribution is 5.79. The fourth-order valence-corrected chi connectivity index (χ4v) is 4.95. The van der Waals surface area contributed by atoms with E-state index in [1.54, 1.807) is 6.20 Å². The van der Waals surface area contributed by atoms with Crippen LogP contribution in [0.15, 0.2) is 102 Å². The van der Waals surface area contributed by atoms with Gasteiger partial charge in [0.2, 0.25) is 0 Å². The first-order valence-corrected chi connectivity index (χ1v) is 11.6. The Morgan fingerprint density at radius 2 is 1.61 bits per heavy atom. The monoisotopic (exact) mass is 440 g/mol. The Kier molecular flexibility index (Phi) is 5.14. The standard InChI is InChI=1S/C26H28N6O/c33-32-19-24-28-23(30-15-13-29(14-16-30)17-20-7-3-1-4-8-20)18-31(24)26-25(32)22(11-12-27-26)21-9-5-2-6-10-21/h1-11,18-19,27-28,32H,12-17H2. The van der Waals surface area contributed by atoms with Crippen LogP contribution in [-0.4, -0.2) is 47.4 Å². The lowest BCUT2D eigenvalue weighted by atomic mass is 9.99. The Morgan fingerprint density at radius 1 is 0.879 bits per heavy atom. The van der Waals surface area contributed by atoms with Crippen molar-refractivity contribution in [2.45, 2.75) is 6.54 Å². The fourth-order valence-electron chi connectivity index (χ4n) is 4.95. The summed E-state index contributed by atoms with van der Waals surface area (Å²) in [6.45, 7) is 5.62. The molecule has 0 aromatic heterocycles. The van der Waals surface area contributed by atoms with Gasteiger partial charge in [-0.2, -0.15) is 0 Å². The number of allylic oxidation sites excluding steroid dienone is 1. The Hall–Kier alpha value is -3.52. The molecule has 0 amide bonds. The van der Waals surface area contributed by atoms with Crippen molar-refractivity contribution in [2.24, 2.45) is 0 Å². The summed E-state index contributed by atoms with van der Waals surface area (Å²) >= 11 is 0. The summed E-state index contributed by atoms with van der Waals surface area (Å²) < 4.78 is 0. The number of fused-ring (bicyclic) bond motifs is 2. The van der Waals surface area contributed by atoms with Gasteiger partial charge in [-0.05, 0) is 11.1 Å². The third-order valence-corrected chi connectivity index (χ3v) is 6.65. The van der Waals surface area contributed by atoms with Crippen LogP contribution in [0.25, 0.3) is 5.57 Å². The van der Waals surface area contributed by atoms with Gasteiger partial charge >= 0.3 is 0 Å². The van der Waals surface area contributed by atoms with Gasteiger partial charge in [-0.1, -0.05) is 66.7 Å². The van der Waals surface area contributed by atoms with Crippen molar-refractivity contribution < 1.29 is 5.06 Å². The van der Waals surface area contributed by atoms with Crippen LogP contribution < -0.4 is 15.7 Å². The summed E-state index contributed by atoms with van der Waals surface area (Å²) in [6, 6.07) is 20.8. The summed E-state index contributed by atoms with van der Waals surface area (Å²) in [6.07, 6.45) is 5.95. The van der Waals surface area contributed by atoms with Crippen LogP contribution in [0.1, 0.15) is 11.1 Å². The zero-order chi connectivity index (χ0) is 22.2. The average Bonchev–Trinajstić information content (AvgIpc) is 3.30. The quantitative estimate of drug-likeness (QED) is 0.628. The van der Waals surface area contributed by atoms with Crippen LogP contribution in [-0.2, 0) is 6.54 Å². The van der Waals surface area contributed by atoms with E-state index in [0.29, 0.717) is 6.54 Å². The molecule has 168 valence electrons. The van der Waals surface area contributed by atoms with E-state index in [9.17, 15) is 5.21 Å². The van der Waals surface area contributed by atoms with E-state index >= 15 is 0 Å². The molecule has 1 saturated heterocycles. The summed E-state index contributed by atoms with van der Waals surface area (Å²) in [5, 5.41) is 20.1. The molecule has 1 unspecified atom stereocenters. The minimum atomic E-state index is 0.0355. The molecule has 0 bridgehead atoms. The van der Waals surface area contributed by atoms with Gasteiger partial charge < -0.3 is 25.8 Å². The van der Waals surface area contributed by atoms with Gasteiger partial charge in [-0.3, -0.25) is 9.80 Å². The number of hydrogen-bond acceptors (Lipinski definition) is 6. The number of nitrogens with one attached hydrogen (secondary N) is 3. The van der Waals surface area contributed by atoms with E-state index in [2.05, 4.69) is 80.1 Å². The van der Waals surface area contributed by atoms with Crippen molar-refractivity contribution >= 4 is 5.57 Å². The Bertz CT molecular complexity index is 1150. The normalized spacial score (nSPS) is 22.6. The van der Waals surface area contributed by atoms with Crippen molar-refractivity contribution in [1.82, 2.24) is 25.3 Å². The molecule has 1 atom stereocenters. The summed E-state index contributed by atoms with van der Waals surface area (Å²) in [5.74, 6) is 2.74. The Morgan fingerprint density at radius 3 is 2.36 bits per heavy atom. The zero-order valence-electron chi connectivity index (χ0n) is 18.5. The van der Waals surface area contributed by atoms with Crippen LogP contribution >= 0.6 is 0 Å². The number of nitrogens with zero attached hydrogens (tertiary/aromatic N) is 3. The second-order valence-electron chi connectivity index (χ2n) is 8.74. The molecule has 2 aromatic rings. The number of piperazine rings is 1. The van der Waals surface area contributed by atoms with E-state index in [1.165, 1.54) is 5.56 Å². The van der Waals surface area contributed by atoms with E-state index < -0.39 is 0 Å². The molecule has 0 aliphatic carbocycles. The van der Waals surface area contributed by atoms with Crippen LogP contribution in [0.5, 0.6) is 0 Å². The van der Waals surface area contributed by atoms with Crippen LogP contribution in [0, 0.1) is 5.21 Å². The highest BCUT2D eigenvalue weighted by Gasteiger charge is 2.36. The van der Waals surface area contributed by atoms with Gasteiger partial charge in [0.25, 0.3) is 0 Å². The number of hydrogen-bond donors (Lipinski definition) is 3. The van der Waals surface area contributed by atoms with Crippen LogP contribution in [0.3, 0.4) is 0 Å². The second kappa shape index (κ2) is 8.44. The fraction of sp³-hybridized carbons (Fsp3) is 0.231. The molecule has 6 rings (SSSR count). The summed E-state index contributed by atoms with van der Waals surface area (Å²) in [4.78, 5) is 6.97. The van der Waals surface area contributed by atoms with Gasteiger partial charge in [0.1, 0.15) is 12.0 Å². The number of hydroxylamine groups is 2. The van der Waals surface area contributed by atoms with Crippen molar-refractivity contribution in [3.8, 4) is 0 Å². The predicted molar refractivity (Wildman–Crippen MR) is 128 cm³/mol. The topological polar surface area (TPSA) is 61.3 Å². The van der Waals surface area contributed by atoms with Crippen molar-refractivity contribution in [2.75, 3.05) is 32.7 Å². The van der Waals surface area contributed by atoms with Gasteiger partial charge in [-0.15, -0.1) is 0 Å². The molecule has 4 aliphatic heterocycles. The molecule has 0 saturated carbocycles. The van der Waals surface area contributed by atoms with Crippen LogP contribution in [0.4, 0.5) is 0 Å². The maximum Gasteiger partial charge on any atom is 0.184 e. The smallest absolute Gasteiger partial charge is 0.184 e. The third-order valence-electron chi connectivity index (χ3n) is 6.65. The SMILES string of the molecule is [O-][NH+]1C=C2NC(N3CCN(Cc4ccccc4)CC3)=CN2C2=C1C(c1ccccc1)=CCN2. The van der Waals surface area contributed by atoms with Gasteiger partial charge in [0.05, 0.1) is 6.20 Å².